The molecule has 36 heavy (non-hydrogen) atoms. The van der Waals surface area contributed by atoms with E-state index in [1.54, 1.807) is 42.7 Å². The smallest absolute Gasteiger partial charge is 0.376 e. The molecule has 1 aromatic heterocycles. The first-order chi connectivity index (χ1) is 16.9. The van der Waals surface area contributed by atoms with Crippen molar-refractivity contribution in [2.45, 2.75) is 31.8 Å². The summed E-state index contributed by atoms with van der Waals surface area (Å²) in [4.78, 5) is 17.2. The summed E-state index contributed by atoms with van der Waals surface area (Å²) in [7, 11) is -5.91. The Morgan fingerprint density at radius 2 is 1.86 bits per heavy atom. The molecule has 1 unspecified atom stereocenters. The van der Waals surface area contributed by atoms with Gasteiger partial charge in [-0.3, -0.25) is 14.4 Å². The number of alkyl halides is 3. The molecule has 1 aliphatic heterocycles. The number of aliphatic imine (C=N–C) groups is 1. The van der Waals surface area contributed by atoms with Crippen LogP contribution in [0.4, 0.5) is 13.2 Å². The highest BCUT2D eigenvalue weighted by Gasteiger charge is 2.48. The largest absolute Gasteiger partial charge is 0.534 e. The number of aromatic nitrogens is 3. The molecule has 0 radical (unpaired) electrons. The maximum atomic E-state index is 12.9. The van der Waals surface area contributed by atoms with Crippen LogP contribution < -0.4 is 9.50 Å². The standard InChI is InChI=1S/C22H19ClF3N5O4S/c1-3-27-19(32)11-17-21-30-29-12(2)31(21)18-9-8-15(35-36(33,34)22(24,25)26)10-16(18)20(28-17)13-4-6-14(23)7-5-13/h4-10,17H,3,11H2,1-2H3,(H,27,32). The second-order valence-electron chi connectivity index (χ2n) is 7.76. The van der Waals surface area contributed by atoms with Gasteiger partial charge in [0, 0.05) is 22.7 Å². The van der Waals surface area contributed by atoms with E-state index in [2.05, 4.69) is 19.7 Å². The fraction of sp³-hybridized carbons (Fsp3) is 0.273. The van der Waals surface area contributed by atoms with E-state index in [4.69, 9.17) is 16.6 Å². The molecule has 4 rings (SSSR count). The molecular formula is C22H19ClF3N5O4S. The number of nitrogens with zero attached hydrogens (tertiary/aromatic N) is 4. The minimum Gasteiger partial charge on any atom is -0.376 e. The van der Waals surface area contributed by atoms with Crippen LogP contribution in [-0.2, 0) is 14.9 Å². The third kappa shape index (κ3) is 4.93. The lowest BCUT2D eigenvalue weighted by molar-refractivity contribution is -0.121. The van der Waals surface area contributed by atoms with Crippen LogP contribution >= 0.6 is 11.6 Å². The summed E-state index contributed by atoms with van der Waals surface area (Å²) in [6.07, 6.45) is -0.0805. The number of fused-ring (bicyclic) bond motifs is 3. The fourth-order valence-corrected chi connectivity index (χ4v) is 4.30. The average Bonchev–Trinajstić information content (AvgIpc) is 3.11. The minimum atomic E-state index is -5.91. The molecule has 9 nitrogen and oxygen atoms in total. The van der Waals surface area contributed by atoms with Crippen LogP contribution in [0.5, 0.6) is 5.75 Å². The maximum absolute atomic E-state index is 12.9. The van der Waals surface area contributed by atoms with E-state index >= 15 is 0 Å². The number of nitrogens with one attached hydrogen (secondary N) is 1. The summed E-state index contributed by atoms with van der Waals surface area (Å²) in [6.45, 7) is 3.83. The highest BCUT2D eigenvalue weighted by Crippen LogP contribution is 2.35. The van der Waals surface area contributed by atoms with Crippen molar-refractivity contribution in [1.82, 2.24) is 20.1 Å². The number of carbonyl (C=O) groups is 1. The van der Waals surface area contributed by atoms with Crippen LogP contribution in [0.15, 0.2) is 47.5 Å². The maximum Gasteiger partial charge on any atom is 0.534 e. The Morgan fingerprint density at radius 1 is 1.17 bits per heavy atom. The molecule has 0 fully saturated rings. The van der Waals surface area contributed by atoms with Crippen molar-refractivity contribution in [2.24, 2.45) is 4.99 Å². The predicted molar refractivity (Wildman–Crippen MR) is 125 cm³/mol. The lowest BCUT2D eigenvalue weighted by Crippen LogP contribution is -2.28. The number of carbonyl (C=O) groups excluding carboxylic acids is 1. The second kappa shape index (κ2) is 9.54. The first kappa shape index (κ1) is 25.6. The van der Waals surface area contributed by atoms with Gasteiger partial charge in [0.05, 0.1) is 17.8 Å². The summed E-state index contributed by atoms with van der Waals surface area (Å²) in [6, 6.07) is 9.31. The Bertz CT molecular complexity index is 1450. The van der Waals surface area contributed by atoms with Gasteiger partial charge < -0.3 is 9.50 Å². The zero-order valence-electron chi connectivity index (χ0n) is 18.9. The molecule has 1 amide bonds. The molecule has 0 bridgehead atoms. The molecule has 1 atom stereocenters. The van der Waals surface area contributed by atoms with Gasteiger partial charge in [-0.25, -0.2) is 0 Å². The van der Waals surface area contributed by atoms with E-state index in [0.717, 1.165) is 12.1 Å². The molecule has 2 heterocycles. The molecule has 0 spiro atoms. The van der Waals surface area contributed by atoms with Crippen LogP contribution in [0.25, 0.3) is 5.69 Å². The van der Waals surface area contributed by atoms with E-state index in [1.165, 1.54) is 6.07 Å². The highest BCUT2D eigenvalue weighted by molar-refractivity contribution is 7.88. The highest BCUT2D eigenvalue weighted by atomic mass is 35.5. The fourth-order valence-electron chi connectivity index (χ4n) is 3.72. The minimum absolute atomic E-state index is 0.0805. The molecule has 0 saturated heterocycles. The average molecular weight is 542 g/mol. The Balaban J connectivity index is 1.94. The quantitative estimate of drug-likeness (QED) is 0.374. The number of amides is 1. The van der Waals surface area contributed by atoms with E-state index < -0.39 is 27.4 Å². The zero-order valence-corrected chi connectivity index (χ0v) is 20.4. The van der Waals surface area contributed by atoms with E-state index in [-0.39, 0.29) is 23.6 Å². The molecule has 0 aliphatic carbocycles. The first-order valence-electron chi connectivity index (χ1n) is 10.6. The summed E-state index contributed by atoms with van der Waals surface area (Å²) in [5, 5.41) is 11.4. The summed E-state index contributed by atoms with van der Waals surface area (Å²) >= 11 is 6.02. The van der Waals surface area contributed by atoms with Gasteiger partial charge in [0.15, 0.2) is 5.82 Å². The number of rotatable bonds is 6. The normalized spacial score (nSPS) is 15.4. The van der Waals surface area contributed by atoms with Crippen LogP contribution in [0, 0.1) is 6.92 Å². The molecule has 190 valence electrons. The van der Waals surface area contributed by atoms with Crippen LogP contribution in [0.2, 0.25) is 5.02 Å². The zero-order chi connectivity index (χ0) is 26.3. The van der Waals surface area contributed by atoms with Gasteiger partial charge in [-0.05, 0) is 44.2 Å². The molecule has 3 aromatic rings. The molecular weight excluding hydrogens is 523 g/mol. The van der Waals surface area contributed by atoms with Gasteiger partial charge in [-0.2, -0.15) is 21.6 Å². The van der Waals surface area contributed by atoms with E-state index in [9.17, 15) is 26.4 Å². The predicted octanol–water partition coefficient (Wildman–Crippen LogP) is 3.88. The lowest BCUT2D eigenvalue weighted by Gasteiger charge is -2.15. The van der Waals surface area contributed by atoms with Gasteiger partial charge in [-0.15, -0.1) is 10.2 Å². The Hall–Kier alpha value is -3.45. The molecule has 1 aliphatic rings. The van der Waals surface area contributed by atoms with Crippen LogP contribution in [0.3, 0.4) is 0 Å². The molecule has 1 N–H and O–H groups in total. The van der Waals surface area contributed by atoms with Gasteiger partial charge in [0.2, 0.25) is 5.91 Å². The van der Waals surface area contributed by atoms with Crippen molar-refractivity contribution in [3.05, 3.63) is 70.3 Å². The van der Waals surface area contributed by atoms with Gasteiger partial charge in [0.25, 0.3) is 0 Å². The second-order valence-corrected chi connectivity index (χ2v) is 9.74. The monoisotopic (exact) mass is 541 g/mol. The van der Waals surface area contributed by atoms with Gasteiger partial charge in [-0.1, -0.05) is 23.7 Å². The van der Waals surface area contributed by atoms with E-state index in [1.807, 2.05) is 0 Å². The van der Waals surface area contributed by atoms with Crippen molar-refractivity contribution in [2.75, 3.05) is 6.54 Å². The lowest BCUT2D eigenvalue weighted by atomic mass is 10.00. The van der Waals surface area contributed by atoms with Crippen molar-refractivity contribution >= 4 is 33.3 Å². The first-order valence-corrected chi connectivity index (χ1v) is 12.4. The van der Waals surface area contributed by atoms with Crippen molar-refractivity contribution in [3.63, 3.8) is 0 Å². The SMILES string of the molecule is CCNC(=O)CC1N=C(c2ccc(Cl)cc2)c2cc(OS(=O)(=O)C(F)(F)F)ccc2-n2c(C)nnc21. The molecule has 0 saturated carbocycles. The number of halogens is 4. The topological polar surface area (TPSA) is 116 Å². The van der Waals surface area contributed by atoms with Crippen molar-refractivity contribution in [1.29, 1.82) is 0 Å². The van der Waals surface area contributed by atoms with Crippen LogP contribution in [-0.4, -0.2) is 46.9 Å². The molecule has 2 aromatic carbocycles. The van der Waals surface area contributed by atoms with Crippen molar-refractivity contribution < 1.29 is 30.6 Å². The number of benzene rings is 2. The summed E-state index contributed by atoms with van der Waals surface area (Å²) in [5.41, 5.74) is -4.15. The number of hydrogen-bond donors (Lipinski definition) is 1. The third-order valence-corrected chi connectivity index (χ3v) is 6.49. The summed E-state index contributed by atoms with van der Waals surface area (Å²) in [5.74, 6) is -0.0980. The van der Waals surface area contributed by atoms with Gasteiger partial charge >= 0.3 is 15.6 Å². The Labute approximate surface area is 209 Å². The van der Waals surface area contributed by atoms with E-state index in [0.29, 0.717) is 34.5 Å². The van der Waals surface area contributed by atoms with Gasteiger partial charge in [0.1, 0.15) is 17.6 Å². The number of aryl methyl sites for hydroxylation is 1. The molecule has 14 heteroatoms. The Morgan fingerprint density at radius 3 is 2.50 bits per heavy atom. The third-order valence-electron chi connectivity index (χ3n) is 5.26. The Kier molecular flexibility index (Phi) is 6.80. The van der Waals surface area contributed by atoms with Crippen LogP contribution in [0.1, 0.15) is 42.2 Å². The van der Waals surface area contributed by atoms with Crippen molar-refractivity contribution in [3.8, 4) is 11.4 Å². The number of hydrogen-bond acceptors (Lipinski definition) is 7. The summed E-state index contributed by atoms with van der Waals surface area (Å²) < 4.78 is 68.1.